The van der Waals surface area contributed by atoms with Crippen molar-refractivity contribution in [1.29, 1.82) is 0 Å². The lowest BCUT2D eigenvalue weighted by atomic mass is 10.3. The van der Waals surface area contributed by atoms with E-state index >= 15 is 0 Å². The highest BCUT2D eigenvalue weighted by molar-refractivity contribution is 7.89. The molecule has 0 saturated carbocycles. The summed E-state index contributed by atoms with van der Waals surface area (Å²) in [6.45, 7) is 0. The SMILES string of the molecule is COP(=O)([O-])OC.NS(=O)(=O)c1ccc(O)cc1. The van der Waals surface area contributed by atoms with Crippen LogP contribution < -0.4 is 10.0 Å². The van der Waals surface area contributed by atoms with Crippen LogP contribution in [-0.4, -0.2) is 27.7 Å². The van der Waals surface area contributed by atoms with Crippen molar-refractivity contribution in [3.8, 4) is 5.75 Å². The molecular formula is C8H13NO7PS-. The molecule has 0 radical (unpaired) electrons. The van der Waals surface area contributed by atoms with E-state index in [-0.39, 0.29) is 10.6 Å². The lowest BCUT2D eigenvalue weighted by Gasteiger charge is -2.16. The number of phenolic OH excluding ortho intramolecular Hbond substituents is 1. The second kappa shape index (κ2) is 6.83. The summed E-state index contributed by atoms with van der Waals surface area (Å²) in [5.41, 5.74) is 0. The minimum atomic E-state index is -3.90. The lowest BCUT2D eigenvalue weighted by Crippen LogP contribution is -2.11. The van der Waals surface area contributed by atoms with Crippen molar-refractivity contribution in [3.05, 3.63) is 24.3 Å². The standard InChI is InChI=1S/C6H7NO3S.C2H7O4P/c7-11(9,10)6-3-1-5(8)2-4-6;1-5-7(3,4)6-2/h1-4,8H,(H2,7,9,10);1-2H3,(H,3,4)/p-1. The highest BCUT2D eigenvalue weighted by atomic mass is 32.2. The number of aromatic hydroxyl groups is 1. The molecule has 1 aromatic carbocycles. The van der Waals surface area contributed by atoms with Gasteiger partial charge in [-0.25, -0.2) is 13.6 Å². The fraction of sp³-hybridized carbons (Fsp3) is 0.250. The summed E-state index contributed by atoms with van der Waals surface area (Å²) in [6, 6.07) is 5.01. The second-order valence-corrected chi connectivity index (χ2v) is 6.04. The summed E-state index contributed by atoms with van der Waals surface area (Å²) in [5.74, 6) is 0.0115. The molecule has 0 heterocycles. The van der Waals surface area contributed by atoms with Gasteiger partial charge in [0.2, 0.25) is 10.0 Å². The van der Waals surface area contributed by atoms with Crippen molar-refractivity contribution < 1.29 is 32.0 Å². The molecule has 1 rings (SSSR count). The molecule has 0 atom stereocenters. The molecule has 0 amide bonds. The molecule has 0 aromatic heterocycles. The Labute approximate surface area is 105 Å². The van der Waals surface area contributed by atoms with Crippen LogP contribution >= 0.6 is 7.82 Å². The first-order valence-electron chi connectivity index (χ1n) is 4.36. The Kier molecular flexibility index (Phi) is 6.47. The number of hydrogen-bond donors (Lipinski definition) is 2. The zero-order valence-corrected chi connectivity index (χ0v) is 11.3. The first kappa shape index (κ1) is 17.0. The Hall–Kier alpha value is -0.960. The van der Waals surface area contributed by atoms with E-state index in [0.29, 0.717) is 0 Å². The Morgan fingerprint density at radius 2 is 1.61 bits per heavy atom. The second-order valence-electron chi connectivity index (χ2n) is 2.85. The average Bonchev–Trinajstić information content (AvgIpc) is 2.29. The normalized spacial score (nSPS) is 11.6. The molecule has 1 aromatic rings. The Morgan fingerprint density at radius 1 is 1.22 bits per heavy atom. The van der Waals surface area contributed by atoms with Crippen LogP contribution in [-0.2, 0) is 23.6 Å². The molecule has 0 saturated heterocycles. The number of hydrogen-bond acceptors (Lipinski definition) is 7. The van der Waals surface area contributed by atoms with Gasteiger partial charge < -0.3 is 19.0 Å². The molecule has 8 nitrogen and oxygen atoms in total. The topological polar surface area (TPSA) is 139 Å². The van der Waals surface area contributed by atoms with Gasteiger partial charge in [0.15, 0.2) is 0 Å². The van der Waals surface area contributed by atoms with Gasteiger partial charge in [0.1, 0.15) is 5.75 Å². The van der Waals surface area contributed by atoms with E-state index in [0.717, 1.165) is 14.2 Å². The minimum Gasteiger partial charge on any atom is -0.756 e. The fourth-order valence-electron chi connectivity index (χ4n) is 0.710. The van der Waals surface area contributed by atoms with Crippen molar-refractivity contribution in [2.75, 3.05) is 14.2 Å². The smallest absolute Gasteiger partial charge is 0.267 e. The van der Waals surface area contributed by atoms with Crippen molar-refractivity contribution in [2.45, 2.75) is 4.90 Å². The number of nitrogens with two attached hydrogens (primary N) is 1. The zero-order valence-electron chi connectivity index (χ0n) is 9.64. The molecule has 0 aliphatic rings. The maximum absolute atomic E-state index is 10.6. The number of benzene rings is 1. The van der Waals surface area contributed by atoms with Crippen molar-refractivity contribution in [3.63, 3.8) is 0 Å². The van der Waals surface area contributed by atoms with Gasteiger partial charge in [0.05, 0.1) is 4.90 Å². The molecule has 0 fully saturated rings. The summed E-state index contributed by atoms with van der Waals surface area (Å²) >= 11 is 0. The van der Waals surface area contributed by atoms with Crippen molar-refractivity contribution in [2.24, 2.45) is 5.14 Å². The van der Waals surface area contributed by atoms with E-state index in [1.807, 2.05) is 0 Å². The third-order valence-corrected chi connectivity index (χ3v) is 3.44. The molecule has 18 heavy (non-hydrogen) atoms. The number of primary sulfonamides is 1. The van der Waals surface area contributed by atoms with Crippen LogP contribution in [0.3, 0.4) is 0 Å². The maximum atomic E-state index is 10.6. The Balaban J connectivity index is 0.000000360. The van der Waals surface area contributed by atoms with Gasteiger partial charge in [0.25, 0.3) is 7.82 Å². The molecule has 0 unspecified atom stereocenters. The lowest BCUT2D eigenvalue weighted by molar-refractivity contribution is -0.220. The number of phosphoric acid groups is 1. The summed E-state index contributed by atoms with van der Waals surface area (Å²) in [4.78, 5) is 9.95. The molecular weight excluding hydrogens is 285 g/mol. The number of phenols is 1. The highest BCUT2D eigenvalue weighted by Crippen LogP contribution is 2.34. The summed E-state index contributed by atoms with van der Waals surface area (Å²) in [6.07, 6.45) is 0. The number of sulfonamides is 1. The quantitative estimate of drug-likeness (QED) is 0.736. The van der Waals surface area contributed by atoms with Gasteiger partial charge in [-0.15, -0.1) is 0 Å². The Morgan fingerprint density at radius 3 is 1.83 bits per heavy atom. The fourth-order valence-corrected chi connectivity index (χ4v) is 1.37. The van der Waals surface area contributed by atoms with Crippen LogP contribution in [0.1, 0.15) is 0 Å². The first-order valence-corrected chi connectivity index (χ1v) is 7.37. The average molecular weight is 298 g/mol. The zero-order chi connectivity index (χ0) is 14.4. The van der Waals surface area contributed by atoms with Gasteiger partial charge in [-0.2, -0.15) is 0 Å². The van der Waals surface area contributed by atoms with E-state index in [1.54, 1.807) is 0 Å². The Bertz CT molecular complexity index is 505. The van der Waals surface area contributed by atoms with Crippen LogP contribution in [0.25, 0.3) is 0 Å². The van der Waals surface area contributed by atoms with Gasteiger partial charge in [-0.1, -0.05) is 0 Å². The molecule has 0 bridgehead atoms. The predicted octanol–water partition coefficient (Wildman–Crippen LogP) is -0.213. The minimum absolute atomic E-state index is 0.00435. The molecule has 3 N–H and O–H groups in total. The monoisotopic (exact) mass is 298 g/mol. The first-order chi connectivity index (χ1) is 8.12. The molecule has 10 heteroatoms. The van der Waals surface area contributed by atoms with Crippen LogP contribution in [0.4, 0.5) is 0 Å². The van der Waals surface area contributed by atoms with Gasteiger partial charge in [-0.3, -0.25) is 4.57 Å². The predicted molar refractivity (Wildman–Crippen MR) is 61.1 cm³/mol. The van der Waals surface area contributed by atoms with Crippen LogP contribution in [0, 0.1) is 0 Å². The summed E-state index contributed by atoms with van der Waals surface area (Å²) in [7, 11) is -5.46. The van der Waals surface area contributed by atoms with E-state index in [2.05, 4.69) is 9.05 Å². The van der Waals surface area contributed by atoms with E-state index in [1.165, 1.54) is 24.3 Å². The molecule has 0 aliphatic heterocycles. The van der Waals surface area contributed by atoms with Crippen molar-refractivity contribution in [1.82, 2.24) is 0 Å². The summed E-state index contributed by atoms with van der Waals surface area (Å²) in [5, 5.41) is 13.6. The third-order valence-electron chi connectivity index (χ3n) is 1.61. The van der Waals surface area contributed by atoms with Gasteiger partial charge in [-0.05, 0) is 24.3 Å². The van der Waals surface area contributed by atoms with E-state index in [4.69, 9.17) is 10.2 Å². The summed E-state index contributed by atoms with van der Waals surface area (Å²) < 4.78 is 39.0. The largest absolute Gasteiger partial charge is 0.756 e. The van der Waals surface area contributed by atoms with Crippen LogP contribution in [0.5, 0.6) is 5.75 Å². The maximum Gasteiger partial charge on any atom is 0.267 e. The number of phosphoric ester groups is 1. The number of rotatable bonds is 3. The van der Waals surface area contributed by atoms with E-state index in [9.17, 15) is 17.9 Å². The van der Waals surface area contributed by atoms with Gasteiger partial charge >= 0.3 is 0 Å². The molecule has 0 spiro atoms. The van der Waals surface area contributed by atoms with E-state index < -0.39 is 17.8 Å². The molecule has 104 valence electrons. The third kappa shape index (κ3) is 6.70. The highest BCUT2D eigenvalue weighted by Gasteiger charge is 2.05. The molecule has 0 aliphatic carbocycles. The van der Waals surface area contributed by atoms with Crippen molar-refractivity contribution >= 4 is 17.8 Å². The van der Waals surface area contributed by atoms with Gasteiger partial charge in [0, 0.05) is 14.2 Å². The van der Waals surface area contributed by atoms with Crippen LogP contribution in [0.15, 0.2) is 29.2 Å². The van der Waals surface area contributed by atoms with Crippen LogP contribution in [0.2, 0.25) is 0 Å².